The predicted molar refractivity (Wildman–Crippen MR) is 123 cm³/mol. The van der Waals surface area contributed by atoms with Gasteiger partial charge in [-0.1, -0.05) is 24.3 Å². The molecule has 2 unspecified atom stereocenters. The lowest BCUT2D eigenvalue weighted by molar-refractivity contribution is -0.131. The number of rotatable bonds is 7. The number of nitrogens with zero attached hydrogens (tertiary/aromatic N) is 1. The topological polar surface area (TPSA) is 98.4 Å². The summed E-state index contributed by atoms with van der Waals surface area (Å²) in [7, 11) is 3.08. The molecule has 1 amide bonds. The minimum Gasteiger partial charge on any atom is -0.503 e. The van der Waals surface area contributed by atoms with Gasteiger partial charge in [-0.05, 0) is 42.7 Å². The van der Waals surface area contributed by atoms with E-state index in [0.717, 1.165) is 12.8 Å². The van der Waals surface area contributed by atoms with Crippen LogP contribution in [0.3, 0.4) is 0 Å². The van der Waals surface area contributed by atoms with Crippen LogP contribution in [0.1, 0.15) is 35.0 Å². The van der Waals surface area contributed by atoms with Crippen molar-refractivity contribution in [3.63, 3.8) is 0 Å². The number of carbonyl (C=O) groups excluding carboxylic acids is 2. The number of benzene rings is 2. The molecule has 3 aromatic rings. The molecule has 0 saturated carbocycles. The molecule has 2 aliphatic rings. The van der Waals surface area contributed by atoms with Crippen LogP contribution >= 0.6 is 0 Å². The highest BCUT2D eigenvalue weighted by Crippen LogP contribution is 2.41. The number of carbonyl (C=O) groups is 2. The van der Waals surface area contributed by atoms with E-state index in [1.54, 1.807) is 55.6 Å². The van der Waals surface area contributed by atoms with Gasteiger partial charge in [-0.15, -0.1) is 0 Å². The first-order valence-corrected chi connectivity index (χ1v) is 11.1. The Morgan fingerprint density at radius 3 is 2.62 bits per heavy atom. The number of aliphatic hydroxyl groups is 1. The number of hydrogen-bond donors (Lipinski definition) is 1. The lowest BCUT2D eigenvalue weighted by atomic mass is 9.94. The standard InChI is InChI=1S/C26H25NO7/c1-31-17-10-8-15(9-11-17)22-21(24(29)26(30)27(22)14-18-6-4-12-33-18)23(28)20-13-16-5-3-7-19(32-2)25(16)34-20/h3,5,7-11,13,18,22,29H,4,6,12,14H2,1-2H3. The first-order chi connectivity index (χ1) is 16.5. The van der Waals surface area contributed by atoms with Crippen molar-refractivity contribution >= 4 is 22.7 Å². The summed E-state index contributed by atoms with van der Waals surface area (Å²) in [5, 5.41) is 11.6. The average Bonchev–Trinajstić information content (AvgIpc) is 3.59. The number of methoxy groups -OCH3 is 2. The second-order valence-electron chi connectivity index (χ2n) is 8.35. The van der Waals surface area contributed by atoms with Crippen LogP contribution in [0, 0.1) is 0 Å². The van der Waals surface area contributed by atoms with Crippen molar-refractivity contribution in [2.45, 2.75) is 25.0 Å². The maximum atomic E-state index is 13.7. The zero-order chi connectivity index (χ0) is 23.8. The van der Waals surface area contributed by atoms with Gasteiger partial charge in [-0.3, -0.25) is 9.59 Å². The molecule has 8 nitrogen and oxygen atoms in total. The first kappa shape index (κ1) is 22.0. The molecule has 1 saturated heterocycles. The molecular weight excluding hydrogens is 438 g/mol. The summed E-state index contributed by atoms with van der Waals surface area (Å²) in [5.41, 5.74) is 1.08. The molecule has 1 N–H and O–H groups in total. The molecule has 5 rings (SSSR count). The third-order valence-corrected chi connectivity index (χ3v) is 6.36. The van der Waals surface area contributed by atoms with Crippen molar-refractivity contribution in [3.05, 3.63) is 71.2 Å². The van der Waals surface area contributed by atoms with Crippen molar-refractivity contribution < 1.29 is 33.3 Å². The van der Waals surface area contributed by atoms with Crippen LogP contribution in [-0.2, 0) is 9.53 Å². The Morgan fingerprint density at radius 1 is 1.15 bits per heavy atom. The van der Waals surface area contributed by atoms with E-state index in [2.05, 4.69) is 0 Å². The molecule has 2 atom stereocenters. The molecule has 0 spiro atoms. The Hall–Kier alpha value is -3.78. The van der Waals surface area contributed by atoms with Crippen molar-refractivity contribution in [2.75, 3.05) is 27.4 Å². The van der Waals surface area contributed by atoms with E-state index in [4.69, 9.17) is 18.6 Å². The van der Waals surface area contributed by atoms with Crippen molar-refractivity contribution in [2.24, 2.45) is 0 Å². The van der Waals surface area contributed by atoms with E-state index in [0.29, 0.717) is 34.6 Å². The maximum absolute atomic E-state index is 13.7. The second-order valence-corrected chi connectivity index (χ2v) is 8.35. The summed E-state index contributed by atoms with van der Waals surface area (Å²) < 4.78 is 22.2. The minimum atomic E-state index is -0.787. The molecule has 1 aromatic heterocycles. The Bertz CT molecular complexity index is 1270. The van der Waals surface area contributed by atoms with Gasteiger partial charge in [-0.25, -0.2) is 0 Å². The summed E-state index contributed by atoms with van der Waals surface area (Å²) in [5.74, 6) is -0.580. The van der Waals surface area contributed by atoms with Crippen LogP contribution in [0.15, 0.2) is 64.3 Å². The monoisotopic (exact) mass is 463 g/mol. The first-order valence-electron chi connectivity index (χ1n) is 11.1. The van der Waals surface area contributed by atoms with Gasteiger partial charge in [0.2, 0.25) is 5.78 Å². The Balaban J connectivity index is 1.57. The van der Waals surface area contributed by atoms with Gasteiger partial charge in [0.1, 0.15) is 5.75 Å². The lowest BCUT2D eigenvalue weighted by Gasteiger charge is -2.28. The zero-order valence-electron chi connectivity index (χ0n) is 18.9. The number of hydrogen-bond acceptors (Lipinski definition) is 7. The van der Waals surface area contributed by atoms with Gasteiger partial charge < -0.3 is 28.6 Å². The van der Waals surface area contributed by atoms with E-state index in [1.807, 2.05) is 0 Å². The van der Waals surface area contributed by atoms with Gasteiger partial charge in [0.05, 0.1) is 31.9 Å². The van der Waals surface area contributed by atoms with Gasteiger partial charge in [0, 0.05) is 18.5 Å². The van der Waals surface area contributed by atoms with Crippen molar-refractivity contribution in [1.29, 1.82) is 0 Å². The molecule has 1 fully saturated rings. The molecule has 2 aromatic carbocycles. The number of ketones is 1. The second kappa shape index (κ2) is 8.87. The minimum absolute atomic E-state index is 0.0197. The normalized spacial score (nSPS) is 20.4. The Morgan fingerprint density at radius 2 is 1.94 bits per heavy atom. The molecule has 3 heterocycles. The van der Waals surface area contributed by atoms with E-state index < -0.39 is 23.5 Å². The number of fused-ring (bicyclic) bond motifs is 1. The Kier molecular flexibility index (Phi) is 5.75. The fourth-order valence-corrected chi connectivity index (χ4v) is 4.66. The fourth-order valence-electron chi connectivity index (χ4n) is 4.66. The van der Waals surface area contributed by atoms with Crippen LogP contribution < -0.4 is 9.47 Å². The van der Waals surface area contributed by atoms with Crippen LogP contribution in [0.25, 0.3) is 11.0 Å². The predicted octanol–water partition coefficient (Wildman–Crippen LogP) is 4.21. The molecule has 176 valence electrons. The van der Waals surface area contributed by atoms with E-state index in [1.165, 1.54) is 12.0 Å². The average molecular weight is 463 g/mol. The molecule has 34 heavy (non-hydrogen) atoms. The number of para-hydroxylation sites is 1. The van der Waals surface area contributed by atoms with Crippen LogP contribution in [0.4, 0.5) is 0 Å². The number of furan rings is 1. The quantitative estimate of drug-likeness (QED) is 0.524. The van der Waals surface area contributed by atoms with E-state index in [9.17, 15) is 14.7 Å². The molecule has 0 bridgehead atoms. The van der Waals surface area contributed by atoms with Gasteiger partial charge >= 0.3 is 0 Å². The highest BCUT2D eigenvalue weighted by atomic mass is 16.5. The number of ether oxygens (including phenoxy) is 3. The number of aliphatic hydroxyl groups excluding tert-OH is 1. The molecular formula is C26H25NO7. The van der Waals surface area contributed by atoms with Crippen LogP contribution in [-0.4, -0.2) is 55.2 Å². The fraction of sp³-hybridized carbons (Fsp3) is 0.308. The molecule has 2 aliphatic heterocycles. The van der Waals surface area contributed by atoms with Crippen LogP contribution in [0.5, 0.6) is 11.5 Å². The molecule has 0 aliphatic carbocycles. The smallest absolute Gasteiger partial charge is 0.290 e. The summed E-state index contributed by atoms with van der Waals surface area (Å²) in [6.45, 7) is 0.899. The molecule has 0 radical (unpaired) electrons. The van der Waals surface area contributed by atoms with E-state index in [-0.39, 0.29) is 24.0 Å². The highest BCUT2D eigenvalue weighted by Gasteiger charge is 2.45. The highest BCUT2D eigenvalue weighted by molar-refractivity contribution is 6.16. The van der Waals surface area contributed by atoms with Gasteiger partial charge in [0.25, 0.3) is 5.91 Å². The summed E-state index contributed by atoms with van der Waals surface area (Å²) >= 11 is 0. The third-order valence-electron chi connectivity index (χ3n) is 6.36. The van der Waals surface area contributed by atoms with Gasteiger partial charge in [0.15, 0.2) is 22.9 Å². The van der Waals surface area contributed by atoms with Crippen molar-refractivity contribution in [1.82, 2.24) is 4.90 Å². The number of amides is 1. The SMILES string of the molecule is COc1ccc(C2C(C(=O)c3cc4cccc(OC)c4o3)=C(O)C(=O)N2CC2CCCO2)cc1. The largest absolute Gasteiger partial charge is 0.503 e. The summed E-state index contributed by atoms with van der Waals surface area (Å²) in [4.78, 5) is 28.3. The summed E-state index contributed by atoms with van der Waals surface area (Å²) in [6, 6.07) is 13.2. The number of Topliss-reactive ketones (excluding diaryl/α,β-unsaturated/α-hetero) is 1. The van der Waals surface area contributed by atoms with E-state index >= 15 is 0 Å². The van der Waals surface area contributed by atoms with Crippen molar-refractivity contribution in [3.8, 4) is 11.5 Å². The van der Waals surface area contributed by atoms with Crippen LogP contribution in [0.2, 0.25) is 0 Å². The lowest BCUT2D eigenvalue weighted by Crippen LogP contribution is -2.37. The molecule has 8 heteroatoms. The summed E-state index contributed by atoms with van der Waals surface area (Å²) in [6.07, 6.45) is 1.57. The zero-order valence-corrected chi connectivity index (χ0v) is 18.9. The maximum Gasteiger partial charge on any atom is 0.290 e. The Labute approximate surface area is 196 Å². The van der Waals surface area contributed by atoms with Gasteiger partial charge in [-0.2, -0.15) is 0 Å². The third kappa shape index (κ3) is 3.70.